The minimum absolute atomic E-state index is 0.00253. The number of nitrogens with one attached hydrogen (secondary N) is 1. The summed E-state index contributed by atoms with van der Waals surface area (Å²) in [6.07, 6.45) is 0. The van der Waals surface area contributed by atoms with Crippen molar-refractivity contribution in [3.8, 4) is 0 Å². The number of carbonyl (C=O) groups excluding carboxylic acids is 1. The summed E-state index contributed by atoms with van der Waals surface area (Å²) in [7, 11) is 0. The summed E-state index contributed by atoms with van der Waals surface area (Å²) in [4.78, 5) is 14.0. The Labute approximate surface area is 135 Å². The first kappa shape index (κ1) is 14.9. The predicted molar refractivity (Wildman–Crippen MR) is 89.0 cm³/mol. The van der Waals surface area contributed by atoms with E-state index in [0.29, 0.717) is 17.5 Å². The van der Waals surface area contributed by atoms with E-state index in [1.807, 2.05) is 47.4 Å². The Bertz CT molecular complexity index is 642. The van der Waals surface area contributed by atoms with Gasteiger partial charge in [0.05, 0.1) is 6.04 Å². The molecule has 0 bridgehead atoms. The van der Waals surface area contributed by atoms with E-state index in [1.54, 1.807) is 0 Å². The fourth-order valence-electron chi connectivity index (χ4n) is 2.83. The number of benzene rings is 2. The summed E-state index contributed by atoms with van der Waals surface area (Å²) in [5.41, 5.74) is 2.34. The number of nitrogens with zero attached hydrogens (tertiary/aromatic N) is 1. The molecule has 2 amide bonds. The molecule has 4 heteroatoms. The molecule has 1 heterocycles. The summed E-state index contributed by atoms with van der Waals surface area (Å²) >= 11 is 5.90. The summed E-state index contributed by atoms with van der Waals surface area (Å²) in [5, 5.41) is 3.81. The summed E-state index contributed by atoms with van der Waals surface area (Å²) in [6, 6.07) is 18.1. The van der Waals surface area contributed by atoms with Crippen LogP contribution in [0.4, 0.5) is 4.79 Å². The largest absolute Gasteiger partial charge is 0.333 e. The van der Waals surface area contributed by atoms with Crippen LogP contribution in [-0.4, -0.2) is 23.5 Å². The Morgan fingerprint density at radius 3 is 2.55 bits per heavy atom. The molecular formula is C18H19ClN2O. The summed E-state index contributed by atoms with van der Waals surface area (Å²) in [6.45, 7) is 3.49. The lowest BCUT2D eigenvalue weighted by atomic mass is 9.94. The van der Waals surface area contributed by atoms with Crippen molar-refractivity contribution in [1.82, 2.24) is 10.2 Å². The Morgan fingerprint density at radius 1 is 1.18 bits per heavy atom. The topological polar surface area (TPSA) is 32.3 Å². The van der Waals surface area contributed by atoms with E-state index < -0.39 is 0 Å². The van der Waals surface area contributed by atoms with Crippen molar-refractivity contribution in [2.24, 2.45) is 0 Å². The Morgan fingerprint density at radius 2 is 1.86 bits per heavy atom. The van der Waals surface area contributed by atoms with Gasteiger partial charge in [0, 0.05) is 24.0 Å². The van der Waals surface area contributed by atoms with Crippen LogP contribution in [0.2, 0.25) is 5.02 Å². The average molecular weight is 315 g/mol. The third-order valence-corrected chi connectivity index (χ3v) is 4.48. The Kier molecular flexibility index (Phi) is 4.34. The molecule has 1 N–H and O–H groups in total. The first-order chi connectivity index (χ1) is 10.6. The van der Waals surface area contributed by atoms with Crippen LogP contribution in [0.3, 0.4) is 0 Å². The van der Waals surface area contributed by atoms with Gasteiger partial charge >= 0.3 is 6.03 Å². The standard InChI is InChI=1S/C18H19ClN2O/c1-13(15-5-3-2-4-6-15)17-12-21(18(22)20-17)11-14-7-9-16(19)10-8-14/h2-10,13,17H,11-12H2,1H3,(H,20,22)/t13-,17?/m0/s1. The lowest BCUT2D eigenvalue weighted by Crippen LogP contribution is -2.31. The van der Waals surface area contributed by atoms with Gasteiger partial charge in [-0.3, -0.25) is 0 Å². The maximum Gasteiger partial charge on any atom is 0.318 e. The quantitative estimate of drug-likeness (QED) is 0.907. The second-order valence-electron chi connectivity index (χ2n) is 5.76. The number of rotatable bonds is 4. The van der Waals surface area contributed by atoms with Gasteiger partial charge in [0.1, 0.15) is 0 Å². The van der Waals surface area contributed by atoms with Crippen molar-refractivity contribution < 1.29 is 4.79 Å². The maximum atomic E-state index is 12.2. The smallest absolute Gasteiger partial charge is 0.318 e. The van der Waals surface area contributed by atoms with Crippen molar-refractivity contribution in [1.29, 1.82) is 0 Å². The van der Waals surface area contributed by atoms with Gasteiger partial charge < -0.3 is 10.2 Å². The molecule has 1 saturated heterocycles. The van der Waals surface area contributed by atoms with Gasteiger partial charge in [-0.05, 0) is 23.3 Å². The van der Waals surface area contributed by atoms with Crippen LogP contribution in [0.15, 0.2) is 54.6 Å². The van der Waals surface area contributed by atoms with Crippen LogP contribution in [0.1, 0.15) is 24.0 Å². The monoisotopic (exact) mass is 314 g/mol. The molecule has 1 unspecified atom stereocenters. The zero-order chi connectivity index (χ0) is 15.5. The molecule has 2 atom stereocenters. The fourth-order valence-corrected chi connectivity index (χ4v) is 2.96. The highest BCUT2D eigenvalue weighted by atomic mass is 35.5. The molecule has 1 fully saturated rings. The first-order valence-electron chi connectivity index (χ1n) is 7.48. The molecule has 2 aromatic rings. The maximum absolute atomic E-state index is 12.2. The van der Waals surface area contributed by atoms with Crippen molar-refractivity contribution >= 4 is 17.6 Å². The molecule has 0 aliphatic carbocycles. The van der Waals surface area contributed by atoms with Crippen molar-refractivity contribution in [2.75, 3.05) is 6.54 Å². The number of urea groups is 1. The lowest BCUT2D eigenvalue weighted by molar-refractivity contribution is 0.215. The van der Waals surface area contributed by atoms with Gasteiger partial charge in [0.25, 0.3) is 0 Å². The second kappa shape index (κ2) is 6.41. The van der Waals surface area contributed by atoms with Gasteiger partial charge in [0.2, 0.25) is 0 Å². The molecule has 1 aliphatic rings. The minimum atomic E-state index is 0.00253. The third-order valence-electron chi connectivity index (χ3n) is 4.23. The first-order valence-corrected chi connectivity index (χ1v) is 7.86. The zero-order valence-corrected chi connectivity index (χ0v) is 13.3. The minimum Gasteiger partial charge on any atom is -0.333 e. The van der Waals surface area contributed by atoms with Crippen molar-refractivity contribution in [3.63, 3.8) is 0 Å². The Hall–Kier alpha value is -2.00. The van der Waals surface area contributed by atoms with Crippen LogP contribution in [-0.2, 0) is 6.54 Å². The molecule has 3 nitrogen and oxygen atoms in total. The molecule has 0 aromatic heterocycles. The zero-order valence-electron chi connectivity index (χ0n) is 12.5. The predicted octanol–water partition coefficient (Wildman–Crippen LogP) is 4.04. The van der Waals surface area contributed by atoms with Gasteiger partial charge in [-0.25, -0.2) is 4.79 Å². The van der Waals surface area contributed by atoms with Crippen LogP contribution < -0.4 is 5.32 Å². The molecule has 0 radical (unpaired) electrons. The third kappa shape index (κ3) is 3.25. The molecule has 3 rings (SSSR count). The molecule has 114 valence electrons. The number of amides is 2. The Balaban J connectivity index is 1.66. The van der Waals surface area contributed by atoms with E-state index in [-0.39, 0.29) is 12.1 Å². The highest BCUT2D eigenvalue weighted by molar-refractivity contribution is 6.30. The van der Waals surface area contributed by atoms with Gasteiger partial charge in [0.15, 0.2) is 0 Å². The van der Waals surface area contributed by atoms with Gasteiger partial charge in [-0.2, -0.15) is 0 Å². The summed E-state index contributed by atoms with van der Waals surface area (Å²) < 4.78 is 0. The van der Waals surface area contributed by atoms with E-state index >= 15 is 0 Å². The van der Waals surface area contributed by atoms with E-state index in [4.69, 9.17) is 11.6 Å². The number of hydrogen-bond acceptors (Lipinski definition) is 1. The van der Waals surface area contributed by atoms with Gasteiger partial charge in [-0.15, -0.1) is 0 Å². The van der Waals surface area contributed by atoms with Gasteiger partial charge in [-0.1, -0.05) is 61.0 Å². The average Bonchev–Trinajstić information content (AvgIpc) is 2.91. The molecule has 0 spiro atoms. The number of hydrogen-bond donors (Lipinski definition) is 1. The van der Waals surface area contributed by atoms with E-state index in [0.717, 1.165) is 12.1 Å². The van der Waals surface area contributed by atoms with Crippen LogP contribution in [0.25, 0.3) is 0 Å². The van der Waals surface area contributed by atoms with Crippen LogP contribution in [0.5, 0.6) is 0 Å². The summed E-state index contributed by atoms with van der Waals surface area (Å²) in [5.74, 6) is 0.292. The number of halogens is 1. The highest BCUT2D eigenvalue weighted by Gasteiger charge is 2.32. The molecule has 2 aromatic carbocycles. The SMILES string of the molecule is C[C@@H](c1ccccc1)C1CN(Cc2ccc(Cl)cc2)C(=O)N1. The van der Waals surface area contributed by atoms with Crippen LogP contribution >= 0.6 is 11.6 Å². The van der Waals surface area contributed by atoms with Crippen molar-refractivity contribution in [3.05, 3.63) is 70.7 Å². The highest BCUT2D eigenvalue weighted by Crippen LogP contribution is 2.24. The van der Waals surface area contributed by atoms with E-state index in [1.165, 1.54) is 5.56 Å². The van der Waals surface area contributed by atoms with Crippen molar-refractivity contribution in [2.45, 2.75) is 25.4 Å². The number of carbonyl (C=O) groups is 1. The van der Waals surface area contributed by atoms with E-state index in [2.05, 4.69) is 24.4 Å². The normalized spacial score (nSPS) is 19.1. The molecule has 22 heavy (non-hydrogen) atoms. The van der Waals surface area contributed by atoms with E-state index in [9.17, 15) is 4.79 Å². The molecule has 0 saturated carbocycles. The fraction of sp³-hybridized carbons (Fsp3) is 0.278. The van der Waals surface area contributed by atoms with Crippen LogP contribution in [0, 0.1) is 0 Å². The lowest BCUT2D eigenvalue weighted by Gasteiger charge is -2.19. The molecule has 1 aliphatic heterocycles. The molecular weight excluding hydrogens is 296 g/mol. The second-order valence-corrected chi connectivity index (χ2v) is 6.20.